The van der Waals surface area contributed by atoms with Crippen LogP contribution in [0, 0.1) is 12.8 Å². The van der Waals surface area contributed by atoms with E-state index in [9.17, 15) is 0 Å². The van der Waals surface area contributed by atoms with Gasteiger partial charge in [0.05, 0.1) is 17.1 Å². The van der Waals surface area contributed by atoms with Crippen molar-refractivity contribution in [3.63, 3.8) is 0 Å². The van der Waals surface area contributed by atoms with Gasteiger partial charge in [0.15, 0.2) is 0 Å². The Morgan fingerprint density at radius 2 is 2.29 bits per heavy atom. The molecule has 114 valence electrons. The maximum Gasteiger partial charge on any atom is 0.111 e. The first-order chi connectivity index (χ1) is 10.2. The first kappa shape index (κ1) is 14.9. The Morgan fingerprint density at radius 3 is 3.05 bits per heavy atom. The smallest absolute Gasteiger partial charge is 0.111 e. The number of hydrogen-bond acceptors (Lipinski definition) is 2. The Morgan fingerprint density at radius 1 is 1.43 bits per heavy atom. The molecule has 0 spiro atoms. The molecule has 1 aromatic heterocycles. The maximum absolute atomic E-state index is 5.97. The predicted octanol–water partition coefficient (Wildman–Crippen LogP) is 3.94. The highest BCUT2D eigenvalue weighted by atomic mass is 35.5. The summed E-state index contributed by atoms with van der Waals surface area (Å²) in [6.45, 7) is 6.25. The second-order valence-corrected chi connectivity index (χ2v) is 6.26. The number of rotatable bonds is 5. The van der Waals surface area contributed by atoms with Crippen LogP contribution >= 0.6 is 11.6 Å². The van der Waals surface area contributed by atoms with Gasteiger partial charge in [-0.15, -0.1) is 11.6 Å². The Kier molecular flexibility index (Phi) is 4.51. The molecule has 2 aromatic rings. The topological polar surface area (TPSA) is 27.1 Å². The van der Waals surface area contributed by atoms with Gasteiger partial charge in [-0.25, -0.2) is 4.98 Å². The summed E-state index contributed by atoms with van der Waals surface area (Å²) in [6, 6.07) is 6.33. The van der Waals surface area contributed by atoms with Crippen LogP contribution < -0.4 is 0 Å². The molecule has 4 heteroatoms. The van der Waals surface area contributed by atoms with E-state index >= 15 is 0 Å². The molecule has 3 nitrogen and oxygen atoms in total. The Balaban J connectivity index is 2.00. The lowest BCUT2D eigenvalue weighted by Gasteiger charge is -2.19. The van der Waals surface area contributed by atoms with Crippen molar-refractivity contribution in [1.29, 1.82) is 0 Å². The Labute approximate surface area is 131 Å². The molecule has 0 aliphatic carbocycles. The first-order valence-electron chi connectivity index (χ1n) is 7.87. The van der Waals surface area contributed by atoms with Gasteiger partial charge in [-0.1, -0.05) is 19.1 Å². The van der Waals surface area contributed by atoms with Gasteiger partial charge < -0.3 is 9.30 Å². The summed E-state index contributed by atoms with van der Waals surface area (Å²) < 4.78 is 8.23. The third-order valence-electron chi connectivity index (χ3n) is 4.53. The molecule has 0 N–H and O–H groups in total. The molecule has 0 amide bonds. The SMILES string of the molecule is CCC1OCCC1Cn1c(CCCl)nc2cccc(C)c21. The summed E-state index contributed by atoms with van der Waals surface area (Å²) in [6.07, 6.45) is 3.43. The van der Waals surface area contributed by atoms with Gasteiger partial charge in [-0.2, -0.15) is 0 Å². The quantitative estimate of drug-likeness (QED) is 0.782. The molecular formula is C17H23ClN2O. The number of imidazole rings is 1. The number of para-hydroxylation sites is 1. The highest BCUT2D eigenvalue weighted by Gasteiger charge is 2.28. The lowest BCUT2D eigenvalue weighted by molar-refractivity contribution is 0.0836. The van der Waals surface area contributed by atoms with E-state index in [1.807, 2.05) is 0 Å². The van der Waals surface area contributed by atoms with E-state index in [1.165, 1.54) is 11.1 Å². The number of fused-ring (bicyclic) bond motifs is 1. The molecular weight excluding hydrogens is 284 g/mol. The molecule has 2 unspecified atom stereocenters. The number of aryl methyl sites for hydroxylation is 2. The van der Waals surface area contributed by atoms with Crippen molar-refractivity contribution >= 4 is 22.6 Å². The minimum absolute atomic E-state index is 0.385. The number of ether oxygens (including phenoxy) is 1. The van der Waals surface area contributed by atoms with E-state index in [0.717, 1.165) is 43.8 Å². The van der Waals surface area contributed by atoms with Crippen molar-refractivity contribution in [1.82, 2.24) is 9.55 Å². The molecule has 2 heterocycles. The molecule has 21 heavy (non-hydrogen) atoms. The monoisotopic (exact) mass is 306 g/mol. The van der Waals surface area contributed by atoms with Crippen LogP contribution in [0.15, 0.2) is 18.2 Å². The third-order valence-corrected chi connectivity index (χ3v) is 4.72. The van der Waals surface area contributed by atoms with Crippen LogP contribution in [0.1, 0.15) is 31.2 Å². The summed E-state index contributed by atoms with van der Waals surface area (Å²) in [7, 11) is 0. The van der Waals surface area contributed by atoms with Crippen molar-refractivity contribution in [2.24, 2.45) is 5.92 Å². The van der Waals surface area contributed by atoms with Gasteiger partial charge in [0, 0.05) is 31.4 Å². The zero-order valence-electron chi connectivity index (χ0n) is 12.8. The average Bonchev–Trinajstić information content (AvgIpc) is 3.06. The minimum Gasteiger partial charge on any atom is -0.378 e. The zero-order chi connectivity index (χ0) is 14.8. The fraction of sp³-hybridized carbons (Fsp3) is 0.588. The molecule has 0 bridgehead atoms. The molecule has 1 aliphatic heterocycles. The van der Waals surface area contributed by atoms with Gasteiger partial charge in [0.1, 0.15) is 5.82 Å². The highest BCUT2D eigenvalue weighted by molar-refractivity contribution is 6.17. The van der Waals surface area contributed by atoms with Crippen LogP contribution in [0.5, 0.6) is 0 Å². The minimum atomic E-state index is 0.385. The van der Waals surface area contributed by atoms with Crippen molar-refractivity contribution < 1.29 is 4.74 Å². The molecule has 1 aliphatic rings. The number of benzene rings is 1. The third kappa shape index (κ3) is 2.82. The lowest BCUT2D eigenvalue weighted by Crippen LogP contribution is -2.21. The summed E-state index contributed by atoms with van der Waals surface area (Å²) in [4.78, 5) is 4.79. The fourth-order valence-electron chi connectivity index (χ4n) is 3.47. The average molecular weight is 307 g/mol. The number of alkyl halides is 1. The Hall–Kier alpha value is -1.06. The van der Waals surface area contributed by atoms with Crippen molar-refractivity contribution in [3.8, 4) is 0 Å². The van der Waals surface area contributed by atoms with Crippen LogP contribution in [0.4, 0.5) is 0 Å². The van der Waals surface area contributed by atoms with E-state index in [2.05, 4.69) is 36.6 Å². The molecule has 1 saturated heterocycles. The molecule has 0 radical (unpaired) electrons. The standard InChI is InChI=1S/C17H23ClN2O/c1-3-15-13(8-10-21-15)11-20-16(7-9-18)19-14-6-4-5-12(2)17(14)20/h4-6,13,15H,3,7-11H2,1-2H3. The normalized spacial score (nSPS) is 22.2. The van der Waals surface area contributed by atoms with Crippen LogP contribution in [0.3, 0.4) is 0 Å². The van der Waals surface area contributed by atoms with Crippen LogP contribution in [0.25, 0.3) is 11.0 Å². The van der Waals surface area contributed by atoms with E-state index in [0.29, 0.717) is 17.9 Å². The number of nitrogens with zero attached hydrogens (tertiary/aromatic N) is 2. The van der Waals surface area contributed by atoms with Gasteiger partial charge in [0.25, 0.3) is 0 Å². The molecule has 2 atom stereocenters. The summed E-state index contributed by atoms with van der Waals surface area (Å²) in [5, 5.41) is 0. The summed E-state index contributed by atoms with van der Waals surface area (Å²) in [5.41, 5.74) is 3.63. The van der Waals surface area contributed by atoms with Crippen LogP contribution in [-0.2, 0) is 17.7 Å². The number of aromatic nitrogens is 2. The number of hydrogen-bond donors (Lipinski definition) is 0. The first-order valence-corrected chi connectivity index (χ1v) is 8.40. The van der Waals surface area contributed by atoms with E-state index in [-0.39, 0.29) is 0 Å². The van der Waals surface area contributed by atoms with Crippen molar-refractivity contribution in [3.05, 3.63) is 29.6 Å². The predicted molar refractivity (Wildman–Crippen MR) is 87.0 cm³/mol. The molecule has 3 rings (SSSR count). The number of halogens is 1. The summed E-state index contributed by atoms with van der Waals surface area (Å²) >= 11 is 5.97. The fourth-order valence-corrected chi connectivity index (χ4v) is 3.64. The van der Waals surface area contributed by atoms with E-state index < -0.39 is 0 Å². The second kappa shape index (κ2) is 6.37. The largest absolute Gasteiger partial charge is 0.378 e. The highest BCUT2D eigenvalue weighted by Crippen LogP contribution is 2.28. The molecule has 1 fully saturated rings. The van der Waals surface area contributed by atoms with Gasteiger partial charge in [0.2, 0.25) is 0 Å². The van der Waals surface area contributed by atoms with Gasteiger partial charge >= 0.3 is 0 Å². The van der Waals surface area contributed by atoms with E-state index in [1.54, 1.807) is 0 Å². The van der Waals surface area contributed by atoms with Crippen molar-refractivity contribution in [2.45, 2.75) is 45.8 Å². The van der Waals surface area contributed by atoms with Crippen LogP contribution in [0.2, 0.25) is 0 Å². The Bertz CT molecular complexity index is 623. The maximum atomic E-state index is 5.97. The molecule has 1 aromatic carbocycles. The van der Waals surface area contributed by atoms with Crippen molar-refractivity contribution in [2.75, 3.05) is 12.5 Å². The van der Waals surface area contributed by atoms with Gasteiger partial charge in [-0.05, 0) is 31.4 Å². The molecule has 0 saturated carbocycles. The summed E-state index contributed by atoms with van der Waals surface area (Å²) in [5.74, 6) is 2.30. The lowest BCUT2D eigenvalue weighted by atomic mass is 9.99. The second-order valence-electron chi connectivity index (χ2n) is 5.89. The zero-order valence-corrected chi connectivity index (χ0v) is 13.6. The van der Waals surface area contributed by atoms with Crippen LogP contribution in [-0.4, -0.2) is 28.1 Å². The van der Waals surface area contributed by atoms with Gasteiger partial charge in [-0.3, -0.25) is 0 Å². The van der Waals surface area contributed by atoms with E-state index in [4.69, 9.17) is 21.3 Å².